The molecule has 9 heteroatoms. The molecule has 0 saturated carbocycles. The summed E-state index contributed by atoms with van der Waals surface area (Å²) in [6.45, 7) is 0. The molecule has 0 aliphatic heterocycles. The maximum absolute atomic E-state index is 10.6. The summed E-state index contributed by atoms with van der Waals surface area (Å²) in [7, 11) is 0. The topological polar surface area (TPSA) is 76.9 Å². The molecule has 1 aromatic rings. The molecule has 0 aliphatic carbocycles. The van der Waals surface area contributed by atoms with Crippen molar-refractivity contribution in [2.45, 2.75) is 0 Å². The van der Waals surface area contributed by atoms with E-state index in [1.54, 1.807) is 0 Å². The minimum Gasteiger partial charge on any atom is -0.277 e. The maximum Gasteiger partial charge on any atom is 0.335 e. The van der Waals surface area contributed by atoms with Crippen molar-refractivity contribution in [2.75, 3.05) is 0 Å². The molecule has 1 N–H and O–H groups in total. The van der Waals surface area contributed by atoms with Crippen molar-refractivity contribution in [2.24, 2.45) is 0 Å². The third-order valence-electron chi connectivity index (χ3n) is 0.921. The normalized spacial score (nSPS) is 9.17. The number of aromatic nitrogens is 3. The van der Waals surface area contributed by atoms with Crippen LogP contribution in [0.25, 0.3) is 0 Å². The Morgan fingerprint density at radius 3 is 1.67 bits per heavy atom. The third kappa shape index (κ3) is 2.31. The van der Waals surface area contributed by atoms with Crippen molar-refractivity contribution in [3.8, 4) is 0 Å². The number of aromatic amines is 1. The summed E-state index contributed by atoms with van der Waals surface area (Å²) < 4.78 is 0.577. The van der Waals surface area contributed by atoms with Crippen molar-refractivity contribution in [1.29, 1.82) is 0 Å². The quantitative estimate of drug-likeness (QED) is 0.432. The van der Waals surface area contributed by atoms with Gasteiger partial charge in [-0.1, -0.05) is 0 Å². The molecule has 0 unspecified atom stereocenters. The summed E-state index contributed by atoms with van der Waals surface area (Å²) in [4.78, 5) is 31.7. The van der Waals surface area contributed by atoms with E-state index in [1.807, 2.05) is 5.21 Å². The van der Waals surface area contributed by atoms with Crippen LogP contribution in [-0.2, 0) is 0 Å². The molecule has 6 nitrogen and oxygen atoms in total. The van der Waals surface area contributed by atoms with Gasteiger partial charge in [-0.05, 0) is 0 Å². The average Bonchev–Trinajstić information content (AvgIpc) is 1.97. The monoisotopic (exact) mass is 236 g/mol. The van der Waals surface area contributed by atoms with E-state index in [4.69, 9.17) is 23.6 Å². The van der Waals surface area contributed by atoms with Gasteiger partial charge < -0.3 is 0 Å². The van der Waals surface area contributed by atoms with Crippen LogP contribution < -0.4 is 16.5 Å². The summed E-state index contributed by atoms with van der Waals surface area (Å²) in [5.41, 5.74) is -3.60. The van der Waals surface area contributed by atoms with Gasteiger partial charge in [0.2, 0.25) is 0 Å². The Morgan fingerprint density at radius 2 is 1.33 bits per heavy atom. The summed E-state index contributed by atoms with van der Waals surface area (Å²) >= 11 is 10.2. The van der Waals surface area contributed by atoms with E-state index in [0.29, 0.717) is 0 Å². The smallest absolute Gasteiger partial charge is 0.277 e. The number of hydrogen-bond acceptors (Lipinski definition) is 3. The molecule has 0 aliphatic rings. The summed E-state index contributed by atoms with van der Waals surface area (Å²) in [6.07, 6.45) is 0. The van der Waals surface area contributed by atoms with Crippen LogP contribution in [0.4, 0.5) is 0 Å². The van der Waals surface area contributed by atoms with Crippen LogP contribution in [0, 0.1) is 0 Å². The Bertz CT molecular complexity index is 408. The molecule has 1 aromatic heterocycles. The van der Waals surface area contributed by atoms with E-state index in [2.05, 4.69) is 0 Å². The van der Waals surface area contributed by atoms with Gasteiger partial charge in [0.05, 0.1) is 0 Å². The fourth-order valence-corrected chi connectivity index (χ4v) is 0.781. The first kappa shape index (κ1) is 12.6. The van der Waals surface area contributed by atoms with Crippen LogP contribution in [-0.4, -0.2) is 65.0 Å². The van der Waals surface area contributed by atoms with E-state index in [1.165, 1.54) is 0 Å². The minimum atomic E-state index is -1.28. The maximum atomic E-state index is 10.6. The minimum absolute atomic E-state index is 0. The largest absolute Gasteiger partial charge is 0.335 e. The molecule has 0 fully saturated rings. The molecule has 0 saturated heterocycles. The zero-order valence-electron chi connectivity index (χ0n) is 5.88. The predicted molar refractivity (Wildman–Crippen MR) is 43.8 cm³/mol. The third-order valence-corrected chi connectivity index (χ3v) is 1.38. The Morgan fingerprint density at radius 1 is 1.00 bits per heavy atom. The van der Waals surface area contributed by atoms with Gasteiger partial charge >= 0.3 is 16.5 Å². The average molecular weight is 237 g/mol. The van der Waals surface area contributed by atoms with Crippen molar-refractivity contribution in [3.63, 3.8) is 0 Å². The van der Waals surface area contributed by atoms with Gasteiger partial charge in [-0.2, -0.15) is 0 Å². The summed E-state index contributed by atoms with van der Waals surface area (Å²) in [5.74, 6) is 0. The number of halogens is 2. The van der Waals surface area contributed by atoms with Crippen LogP contribution in [0.5, 0.6) is 0 Å². The second-order valence-electron chi connectivity index (χ2n) is 1.60. The fraction of sp³-hybridized carbons (Fsp3) is 0. The zero-order valence-corrected chi connectivity index (χ0v) is 10.5. The number of H-pyrrole nitrogens is 1. The van der Waals surface area contributed by atoms with Crippen LogP contribution in [0.2, 0.25) is 0 Å². The fourth-order valence-electron chi connectivity index (χ4n) is 0.438. The molecule has 1 radical (unpaired) electrons. The van der Waals surface area contributed by atoms with Crippen LogP contribution in [0.1, 0.15) is 0 Å². The standard InChI is InChI=1S/C3HCl2N3O3.K/c4-7-2(10)1(9)3(11)8(5)6-7;/h6H;. The van der Waals surface area contributed by atoms with Crippen molar-refractivity contribution < 1.29 is 0 Å². The molecular formula is C3HCl2KN3O3. The summed E-state index contributed by atoms with van der Waals surface area (Å²) in [5, 5.41) is 1.89. The van der Waals surface area contributed by atoms with Gasteiger partial charge in [0, 0.05) is 74.9 Å². The van der Waals surface area contributed by atoms with E-state index in [0.717, 1.165) is 0 Å². The van der Waals surface area contributed by atoms with E-state index >= 15 is 0 Å². The van der Waals surface area contributed by atoms with Crippen molar-refractivity contribution in [1.82, 2.24) is 13.6 Å². The SMILES string of the molecule is O=c1c(=O)n(Cl)[nH]n(Cl)c1=O.[K]. The number of hydrogen-bond donors (Lipinski definition) is 1. The van der Waals surface area contributed by atoms with E-state index < -0.39 is 16.5 Å². The van der Waals surface area contributed by atoms with Gasteiger partial charge in [-0.3, -0.25) is 14.4 Å². The zero-order chi connectivity index (χ0) is 8.59. The van der Waals surface area contributed by atoms with Crippen molar-refractivity contribution >= 4 is 74.9 Å². The summed E-state index contributed by atoms with van der Waals surface area (Å²) in [6, 6.07) is 0. The van der Waals surface area contributed by atoms with Crippen LogP contribution >= 0.6 is 23.6 Å². The Hall–Kier alpha value is 0.626. The van der Waals surface area contributed by atoms with Crippen LogP contribution in [0.3, 0.4) is 0 Å². The van der Waals surface area contributed by atoms with Crippen molar-refractivity contribution in [3.05, 3.63) is 30.9 Å². The molecule has 0 aromatic carbocycles. The first-order chi connectivity index (χ1) is 5.04. The van der Waals surface area contributed by atoms with Gasteiger partial charge in [-0.25, -0.2) is 5.21 Å². The molecule has 0 atom stereocenters. The first-order valence-corrected chi connectivity index (χ1v) is 3.02. The Labute approximate surface area is 118 Å². The molecule has 61 valence electrons. The van der Waals surface area contributed by atoms with Gasteiger partial charge in [0.25, 0.3) is 0 Å². The molecule has 0 spiro atoms. The van der Waals surface area contributed by atoms with Gasteiger partial charge in [-0.15, -0.1) is 8.40 Å². The Kier molecular flexibility index (Phi) is 5.00. The molecule has 12 heavy (non-hydrogen) atoms. The number of rotatable bonds is 0. The molecule has 1 heterocycles. The molecule has 0 amide bonds. The molecule has 1 rings (SSSR count). The molecular weight excluding hydrogens is 236 g/mol. The number of nitrogens with zero attached hydrogens (tertiary/aromatic N) is 2. The number of nitrogens with one attached hydrogen (secondary N) is 1. The predicted octanol–water partition coefficient (Wildman–Crippen LogP) is -1.68. The Balaban J connectivity index is 0.00000121. The van der Waals surface area contributed by atoms with E-state index in [-0.39, 0.29) is 59.8 Å². The second kappa shape index (κ2) is 4.75. The van der Waals surface area contributed by atoms with Crippen LogP contribution in [0.15, 0.2) is 14.4 Å². The first-order valence-electron chi connectivity index (χ1n) is 2.34. The van der Waals surface area contributed by atoms with Gasteiger partial charge in [0.1, 0.15) is 0 Å². The second-order valence-corrected chi connectivity index (χ2v) is 2.28. The van der Waals surface area contributed by atoms with E-state index in [9.17, 15) is 14.4 Å². The van der Waals surface area contributed by atoms with Gasteiger partial charge in [0.15, 0.2) is 0 Å². The molecule has 0 bridgehead atoms.